The van der Waals surface area contributed by atoms with Crippen LogP contribution in [0.15, 0.2) is 24.3 Å². The highest BCUT2D eigenvalue weighted by molar-refractivity contribution is 5.28. The first-order chi connectivity index (χ1) is 12.6. The molecule has 0 spiro atoms. The molecular formula is C22H34O4. The zero-order valence-corrected chi connectivity index (χ0v) is 15.7. The van der Waals surface area contributed by atoms with Gasteiger partial charge in [-0.15, -0.1) is 0 Å². The lowest BCUT2D eigenvalue weighted by atomic mass is 9.68. The van der Waals surface area contributed by atoms with Crippen molar-refractivity contribution in [3.8, 4) is 0 Å². The van der Waals surface area contributed by atoms with E-state index in [-0.39, 0.29) is 37.3 Å². The van der Waals surface area contributed by atoms with E-state index in [1.165, 1.54) is 11.1 Å². The lowest BCUT2D eigenvalue weighted by Gasteiger charge is -2.38. The van der Waals surface area contributed by atoms with E-state index in [2.05, 4.69) is 24.3 Å². The van der Waals surface area contributed by atoms with E-state index in [0.29, 0.717) is 11.8 Å². The van der Waals surface area contributed by atoms with E-state index in [1.807, 2.05) is 0 Å². The molecule has 1 aromatic carbocycles. The number of rotatable bonds is 6. The van der Waals surface area contributed by atoms with Crippen LogP contribution < -0.4 is 0 Å². The number of benzene rings is 1. The van der Waals surface area contributed by atoms with Crippen molar-refractivity contribution < 1.29 is 20.4 Å². The van der Waals surface area contributed by atoms with Gasteiger partial charge in [-0.05, 0) is 74.3 Å². The maximum absolute atomic E-state index is 9.56. The summed E-state index contributed by atoms with van der Waals surface area (Å²) in [5.41, 5.74) is 2.19. The average molecular weight is 363 g/mol. The van der Waals surface area contributed by atoms with Crippen LogP contribution in [0.3, 0.4) is 0 Å². The third-order valence-electron chi connectivity index (χ3n) is 7.31. The van der Waals surface area contributed by atoms with Crippen molar-refractivity contribution in [1.29, 1.82) is 0 Å². The molecule has 26 heavy (non-hydrogen) atoms. The largest absolute Gasteiger partial charge is 0.396 e. The van der Waals surface area contributed by atoms with Gasteiger partial charge in [-0.2, -0.15) is 0 Å². The van der Waals surface area contributed by atoms with Gasteiger partial charge < -0.3 is 20.4 Å². The van der Waals surface area contributed by atoms with Gasteiger partial charge >= 0.3 is 0 Å². The van der Waals surface area contributed by atoms with Gasteiger partial charge in [0.2, 0.25) is 0 Å². The normalized spacial score (nSPS) is 23.8. The second-order valence-corrected chi connectivity index (χ2v) is 8.85. The van der Waals surface area contributed by atoms with Crippen LogP contribution in [0.25, 0.3) is 0 Å². The summed E-state index contributed by atoms with van der Waals surface area (Å²) in [4.78, 5) is 0. The van der Waals surface area contributed by atoms with Crippen molar-refractivity contribution in [2.75, 3.05) is 26.4 Å². The van der Waals surface area contributed by atoms with Crippen LogP contribution in [0, 0.1) is 10.8 Å². The van der Waals surface area contributed by atoms with Gasteiger partial charge in [0.1, 0.15) is 0 Å². The number of hydrogen-bond acceptors (Lipinski definition) is 4. The lowest BCUT2D eigenvalue weighted by Crippen LogP contribution is -2.34. The second-order valence-electron chi connectivity index (χ2n) is 8.85. The van der Waals surface area contributed by atoms with Gasteiger partial charge in [-0.25, -0.2) is 0 Å². The first-order valence-electron chi connectivity index (χ1n) is 10.1. The maximum Gasteiger partial charge on any atom is 0.0509 e. The molecule has 2 aliphatic carbocycles. The molecule has 0 amide bonds. The summed E-state index contributed by atoms with van der Waals surface area (Å²) in [6.45, 7) is 0.333. The van der Waals surface area contributed by atoms with Gasteiger partial charge in [0, 0.05) is 10.8 Å². The zero-order valence-electron chi connectivity index (χ0n) is 15.7. The quantitative estimate of drug-likeness (QED) is 0.627. The minimum absolute atomic E-state index is 0.0833. The van der Waals surface area contributed by atoms with Crippen LogP contribution in [0.2, 0.25) is 0 Å². The maximum atomic E-state index is 9.56. The molecule has 0 aromatic heterocycles. The summed E-state index contributed by atoms with van der Waals surface area (Å²) >= 11 is 0. The van der Waals surface area contributed by atoms with Gasteiger partial charge in [0.05, 0.1) is 26.4 Å². The van der Waals surface area contributed by atoms with E-state index in [0.717, 1.165) is 51.4 Å². The molecule has 0 saturated heterocycles. The van der Waals surface area contributed by atoms with Crippen LogP contribution >= 0.6 is 0 Å². The molecule has 3 rings (SSSR count). The van der Waals surface area contributed by atoms with Gasteiger partial charge in [0.25, 0.3) is 0 Å². The van der Waals surface area contributed by atoms with Crippen molar-refractivity contribution in [2.45, 2.75) is 63.2 Å². The molecule has 0 radical (unpaired) electrons. The Morgan fingerprint density at radius 3 is 1.08 bits per heavy atom. The second kappa shape index (κ2) is 8.39. The Morgan fingerprint density at radius 1 is 0.577 bits per heavy atom. The summed E-state index contributed by atoms with van der Waals surface area (Å²) < 4.78 is 0. The van der Waals surface area contributed by atoms with E-state index in [9.17, 15) is 20.4 Å². The van der Waals surface area contributed by atoms with Crippen LogP contribution in [0.4, 0.5) is 0 Å². The lowest BCUT2D eigenvalue weighted by molar-refractivity contribution is 0.0185. The first-order valence-corrected chi connectivity index (χ1v) is 10.1. The molecule has 4 N–H and O–H groups in total. The number of aliphatic hydroxyl groups excluding tert-OH is 4. The minimum Gasteiger partial charge on any atom is -0.396 e. The molecule has 2 aliphatic rings. The Kier molecular flexibility index (Phi) is 6.39. The highest BCUT2D eigenvalue weighted by atomic mass is 16.3. The van der Waals surface area contributed by atoms with Crippen LogP contribution in [0.1, 0.15) is 74.3 Å². The molecule has 0 heterocycles. The predicted molar refractivity (Wildman–Crippen MR) is 102 cm³/mol. The summed E-state index contributed by atoms with van der Waals surface area (Å²) in [6, 6.07) is 9.02. The Hall–Kier alpha value is -0.940. The monoisotopic (exact) mass is 362 g/mol. The van der Waals surface area contributed by atoms with Crippen molar-refractivity contribution in [2.24, 2.45) is 10.8 Å². The fraction of sp³-hybridized carbons (Fsp3) is 0.727. The molecule has 0 atom stereocenters. The average Bonchev–Trinajstić information content (AvgIpc) is 2.74. The van der Waals surface area contributed by atoms with Crippen LogP contribution in [-0.4, -0.2) is 46.9 Å². The zero-order chi connectivity index (χ0) is 18.6. The Bertz CT molecular complexity index is 489. The Balaban J connectivity index is 1.58. The number of aliphatic hydroxyl groups is 4. The van der Waals surface area contributed by atoms with Gasteiger partial charge in [-0.3, -0.25) is 0 Å². The van der Waals surface area contributed by atoms with Crippen molar-refractivity contribution in [3.05, 3.63) is 35.4 Å². The van der Waals surface area contributed by atoms with E-state index >= 15 is 0 Å². The van der Waals surface area contributed by atoms with E-state index in [1.54, 1.807) is 0 Å². The summed E-state index contributed by atoms with van der Waals surface area (Å²) in [5, 5.41) is 38.2. The third-order valence-corrected chi connectivity index (χ3v) is 7.31. The fourth-order valence-electron chi connectivity index (χ4n) is 4.90. The van der Waals surface area contributed by atoms with Crippen molar-refractivity contribution in [3.63, 3.8) is 0 Å². The van der Waals surface area contributed by atoms with Crippen molar-refractivity contribution in [1.82, 2.24) is 0 Å². The first kappa shape index (κ1) is 19.8. The number of hydrogen-bond donors (Lipinski definition) is 4. The molecular weight excluding hydrogens is 328 g/mol. The van der Waals surface area contributed by atoms with Gasteiger partial charge in [-0.1, -0.05) is 24.3 Å². The molecule has 4 nitrogen and oxygen atoms in total. The SMILES string of the molecule is OCC1(CO)CCC(c2ccc(C3CCC(CO)(CO)CC3)cc2)CC1. The fourth-order valence-corrected chi connectivity index (χ4v) is 4.90. The summed E-state index contributed by atoms with van der Waals surface area (Å²) in [6.07, 6.45) is 7.66. The molecule has 2 fully saturated rings. The summed E-state index contributed by atoms with van der Waals surface area (Å²) in [5.74, 6) is 1.05. The molecule has 1 aromatic rings. The molecule has 0 unspecified atom stereocenters. The highest BCUT2D eigenvalue weighted by Crippen LogP contribution is 2.44. The third kappa shape index (κ3) is 3.99. The topological polar surface area (TPSA) is 80.9 Å². The van der Waals surface area contributed by atoms with Gasteiger partial charge in [0.15, 0.2) is 0 Å². The van der Waals surface area contributed by atoms with E-state index < -0.39 is 0 Å². The van der Waals surface area contributed by atoms with Crippen LogP contribution in [-0.2, 0) is 0 Å². The molecule has 0 aliphatic heterocycles. The standard InChI is InChI=1S/C22H34O4/c23-13-21(14-24)9-5-19(6-10-21)17-1-2-18(4-3-17)20-7-11-22(15-25,16-26)12-8-20/h1-4,19-20,23-26H,5-16H2. The molecule has 4 heteroatoms. The molecule has 146 valence electrons. The summed E-state index contributed by atoms with van der Waals surface area (Å²) in [7, 11) is 0. The Labute approximate surface area is 156 Å². The van der Waals surface area contributed by atoms with Crippen molar-refractivity contribution >= 4 is 0 Å². The van der Waals surface area contributed by atoms with E-state index in [4.69, 9.17) is 0 Å². The predicted octanol–water partition coefficient (Wildman–Crippen LogP) is 2.94. The smallest absolute Gasteiger partial charge is 0.0509 e. The Morgan fingerprint density at radius 2 is 0.846 bits per heavy atom. The molecule has 0 bridgehead atoms. The molecule has 2 saturated carbocycles. The highest BCUT2D eigenvalue weighted by Gasteiger charge is 2.36. The minimum atomic E-state index is -0.273. The van der Waals surface area contributed by atoms with Crippen LogP contribution in [0.5, 0.6) is 0 Å².